The normalized spacial score (nSPS) is 16.6. The molecule has 0 spiro atoms. The van der Waals surface area contributed by atoms with E-state index < -0.39 is 0 Å². The van der Waals surface area contributed by atoms with Gasteiger partial charge in [-0.05, 0) is 71.1 Å². The molecular formula is C36H34N2O2S2. The Hall–Kier alpha value is -3.48. The van der Waals surface area contributed by atoms with Gasteiger partial charge in [-0.15, -0.1) is 0 Å². The predicted molar refractivity (Wildman–Crippen MR) is 181 cm³/mol. The molecule has 0 N–H and O–H groups in total. The van der Waals surface area contributed by atoms with Crippen LogP contribution in [0.15, 0.2) is 48.5 Å². The van der Waals surface area contributed by atoms with E-state index in [1.54, 1.807) is 0 Å². The van der Waals surface area contributed by atoms with Gasteiger partial charge in [0, 0.05) is 45.1 Å². The number of hydrogen-bond acceptors (Lipinski definition) is 4. The van der Waals surface area contributed by atoms with Gasteiger partial charge in [0.1, 0.15) is 9.98 Å². The summed E-state index contributed by atoms with van der Waals surface area (Å²) < 4.78 is 0. The van der Waals surface area contributed by atoms with Gasteiger partial charge < -0.3 is 0 Å². The number of carbonyl (C=O) groups is 2. The number of amides is 2. The highest BCUT2D eigenvalue weighted by Crippen LogP contribution is 2.46. The first-order chi connectivity index (χ1) is 20.3. The zero-order valence-electron chi connectivity index (χ0n) is 24.5. The minimum atomic E-state index is -0.0101. The lowest BCUT2D eigenvalue weighted by Gasteiger charge is -2.36. The monoisotopic (exact) mass is 590 g/mol. The molecule has 0 saturated carbocycles. The van der Waals surface area contributed by atoms with E-state index in [0.717, 1.165) is 92.7 Å². The Morgan fingerprint density at radius 3 is 1.21 bits per heavy atom. The van der Waals surface area contributed by atoms with Crippen LogP contribution in [0.3, 0.4) is 0 Å². The predicted octanol–water partition coefficient (Wildman–Crippen LogP) is 9.16. The van der Waals surface area contributed by atoms with E-state index in [1.807, 2.05) is 21.9 Å². The van der Waals surface area contributed by atoms with Gasteiger partial charge in [-0.2, -0.15) is 0 Å². The van der Waals surface area contributed by atoms with Crippen molar-refractivity contribution in [2.75, 3.05) is 0 Å². The Bertz CT molecular complexity index is 1730. The van der Waals surface area contributed by atoms with Gasteiger partial charge in [-0.1, -0.05) is 100 Å². The van der Waals surface area contributed by atoms with Crippen molar-refractivity contribution in [3.05, 3.63) is 70.8 Å². The van der Waals surface area contributed by atoms with Crippen LogP contribution in [0, 0.1) is 0 Å². The molecule has 7 rings (SSSR count). The zero-order chi connectivity index (χ0) is 29.4. The minimum absolute atomic E-state index is 0.0101. The van der Waals surface area contributed by atoms with Crippen LogP contribution in [0.4, 0.5) is 0 Å². The molecule has 0 saturated heterocycles. The third kappa shape index (κ3) is 3.64. The third-order valence-electron chi connectivity index (χ3n) is 9.53. The van der Waals surface area contributed by atoms with Crippen molar-refractivity contribution in [1.29, 1.82) is 0 Å². The molecule has 6 heteroatoms. The number of nitrogens with zero attached hydrogens (tertiary/aromatic N) is 2. The molecular weight excluding hydrogens is 557 g/mol. The van der Waals surface area contributed by atoms with Gasteiger partial charge in [0.05, 0.1) is 0 Å². The number of carbonyl (C=O) groups excluding carboxylic acids is 2. The molecule has 0 aromatic heterocycles. The maximum atomic E-state index is 13.9. The summed E-state index contributed by atoms with van der Waals surface area (Å²) in [5, 5.41) is 8.31. The molecule has 0 unspecified atom stereocenters. The highest BCUT2D eigenvalue weighted by Gasteiger charge is 2.36. The Morgan fingerprint density at radius 2 is 0.881 bits per heavy atom. The summed E-state index contributed by atoms with van der Waals surface area (Å²) in [5.41, 5.74) is 3.32. The van der Waals surface area contributed by atoms with Gasteiger partial charge in [0.2, 0.25) is 0 Å². The number of fused-ring (bicyclic) bond motifs is 2. The maximum absolute atomic E-state index is 13.9. The molecule has 2 aliphatic rings. The molecule has 2 atom stereocenters. The quantitative estimate of drug-likeness (QED) is 0.103. The molecule has 212 valence electrons. The summed E-state index contributed by atoms with van der Waals surface area (Å²) in [6, 6.07) is 16.7. The fraction of sp³-hybridized carbons (Fsp3) is 0.333. The number of rotatable bonds is 8. The highest BCUT2D eigenvalue weighted by atomic mass is 32.1. The second kappa shape index (κ2) is 10.1. The summed E-state index contributed by atoms with van der Waals surface area (Å²) >= 11 is 12.0. The SMILES string of the molecule is CCCC[C@H](C)N1C(=O)c2ccc3c4ccc5c6c(ccc(c7ccc(c2c37)C1=S)c64)C(=O)N([C@@H](C)CCCC)C5=S. The number of unbranched alkanes of at least 4 members (excludes halogenated alkanes) is 2. The van der Waals surface area contributed by atoms with Crippen molar-refractivity contribution >= 4 is 89.3 Å². The van der Waals surface area contributed by atoms with E-state index in [0.29, 0.717) is 21.1 Å². The average Bonchev–Trinajstić information content (AvgIpc) is 2.99. The van der Waals surface area contributed by atoms with Crippen molar-refractivity contribution < 1.29 is 9.59 Å². The Morgan fingerprint density at radius 1 is 0.548 bits per heavy atom. The van der Waals surface area contributed by atoms with Gasteiger partial charge in [0.25, 0.3) is 11.8 Å². The van der Waals surface area contributed by atoms with Crippen LogP contribution in [0.25, 0.3) is 43.1 Å². The number of thiocarbonyl (C=S) groups is 2. The van der Waals surface area contributed by atoms with Gasteiger partial charge in [0.15, 0.2) is 0 Å². The molecule has 0 aliphatic carbocycles. The second-order valence-electron chi connectivity index (χ2n) is 12.1. The fourth-order valence-electron chi connectivity index (χ4n) is 7.36. The fourth-order valence-corrected chi connectivity index (χ4v) is 8.23. The van der Waals surface area contributed by atoms with Crippen LogP contribution in [0.2, 0.25) is 0 Å². The summed E-state index contributed by atoms with van der Waals surface area (Å²) in [4.78, 5) is 32.7. The van der Waals surface area contributed by atoms with Gasteiger partial charge in [-0.3, -0.25) is 19.4 Å². The molecule has 5 aromatic rings. The largest absolute Gasteiger partial charge is 0.296 e. The molecule has 2 heterocycles. The number of benzene rings is 5. The van der Waals surface area contributed by atoms with E-state index >= 15 is 0 Å². The van der Waals surface area contributed by atoms with E-state index in [2.05, 4.69) is 64.1 Å². The summed E-state index contributed by atoms with van der Waals surface area (Å²) in [5.74, 6) is -0.0202. The minimum Gasteiger partial charge on any atom is -0.296 e. The average molecular weight is 591 g/mol. The van der Waals surface area contributed by atoms with Crippen molar-refractivity contribution in [2.45, 2.75) is 78.3 Å². The van der Waals surface area contributed by atoms with Crippen LogP contribution in [-0.2, 0) is 0 Å². The lowest BCUT2D eigenvalue weighted by atomic mass is 9.82. The van der Waals surface area contributed by atoms with Crippen molar-refractivity contribution in [3.63, 3.8) is 0 Å². The lowest BCUT2D eigenvalue weighted by Crippen LogP contribution is -2.45. The first-order valence-corrected chi connectivity index (χ1v) is 16.1. The zero-order valence-corrected chi connectivity index (χ0v) is 26.2. The van der Waals surface area contributed by atoms with Gasteiger partial charge >= 0.3 is 0 Å². The standard InChI is InChI=1S/C36H34N2O2S2/c1-5-7-9-19(3)37-33(39)25-15-11-21-24-14-18-28-32-26(34(40)38(36(28)42)20(4)10-8-6-2)16-12-22(30(24)32)23-13-17-27(35(37)41)31(25)29(21)23/h11-20H,5-10H2,1-4H3/t19-,20-/m0/s1. The lowest BCUT2D eigenvalue weighted by molar-refractivity contribution is 0.0799. The second-order valence-corrected chi connectivity index (χ2v) is 12.9. The van der Waals surface area contributed by atoms with Crippen molar-refractivity contribution in [1.82, 2.24) is 9.80 Å². The number of hydrogen-bond donors (Lipinski definition) is 0. The molecule has 2 aliphatic heterocycles. The smallest absolute Gasteiger partial charge is 0.259 e. The van der Waals surface area contributed by atoms with Crippen molar-refractivity contribution in [2.24, 2.45) is 0 Å². The first kappa shape index (κ1) is 27.4. The topological polar surface area (TPSA) is 40.6 Å². The summed E-state index contributed by atoms with van der Waals surface area (Å²) in [6.07, 6.45) is 6.12. The van der Waals surface area contributed by atoms with Crippen molar-refractivity contribution in [3.8, 4) is 0 Å². The molecule has 4 nitrogen and oxygen atoms in total. The van der Waals surface area contributed by atoms with E-state index in [9.17, 15) is 9.59 Å². The highest BCUT2D eigenvalue weighted by molar-refractivity contribution is 7.81. The van der Waals surface area contributed by atoms with Crippen LogP contribution in [-0.4, -0.2) is 43.7 Å². The molecule has 0 bridgehead atoms. The summed E-state index contributed by atoms with van der Waals surface area (Å²) in [6.45, 7) is 8.53. The molecule has 42 heavy (non-hydrogen) atoms. The maximum Gasteiger partial charge on any atom is 0.259 e. The van der Waals surface area contributed by atoms with E-state index in [4.69, 9.17) is 24.4 Å². The van der Waals surface area contributed by atoms with Gasteiger partial charge in [-0.25, -0.2) is 0 Å². The van der Waals surface area contributed by atoms with Crippen LogP contribution in [0.5, 0.6) is 0 Å². The third-order valence-corrected chi connectivity index (χ3v) is 10.4. The van der Waals surface area contributed by atoms with Crippen LogP contribution < -0.4 is 0 Å². The Kier molecular flexibility index (Phi) is 6.55. The summed E-state index contributed by atoms with van der Waals surface area (Å²) in [7, 11) is 0. The Labute approximate surface area is 257 Å². The first-order valence-electron chi connectivity index (χ1n) is 15.3. The van der Waals surface area contributed by atoms with E-state index in [1.165, 1.54) is 0 Å². The molecule has 0 radical (unpaired) electrons. The molecule has 0 fully saturated rings. The van der Waals surface area contributed by atoms with Crippen LogP contribution >= 0.6 is 24.4 Å². The molecule has 2 amide bonds. The Balaban J connectivity index is 1.47. The van der Waals surface area contributed by atoms with Crippen LogP contribution in [0.1, 0.15) is 98.1 Å². The van der Waals surface area contributed by atoms with E-state index in [-0.39, 0.29) is 23.9 Å². The molecule has 5 aromatic carbocycles.